The van der Waals surface area contributed by atoms with Crippen molar-refractivity contribution in [1.82, 2.24) is 0 Å². The number of carboxylic acids is 1. The maximum Gasteiger partial charge on any atom is 0.303 e. The summed E-state index contributed by atoms with van der Waals surface area (Å²) in [7, 11) is 0. The van der Waals surface area contributed by atoms with Crippen LogP contribution in [-0.4, -0.2) is 23.6 Å². The van der Waals surface area contributed by atoms with Gasteiger partial charge >= 0.3 is 5.97 Å². The molecule has 2 saturated carbocycles. The first-order valence-electron chi connectivity index (χ1n) is 8.40. The predicted octanol–water partition coefficient (Wildman–Crippen LogP) is 3.30. The molecular formula is C18H23NO4. The number of aliphatic carboxylic acids is 1. The molecule has 0 spiro atoms. The molecule has 5 nitrogen and oxygen atoms in total. The van der Waals surface area contributed by atoms with E-state index >= 15 is 0 Å². The van der Waals surface area contributed by atoms with Crippen molar-refractivity contribution >= 4 is 17.6 Å². The van der Waals surface area contributed by atoms with E-state index in [1.54, 1.807) is 12.1 Å². The number of carbonyl (C=O) groups excluding carboxylic acids is 1. The Bertz CT molecular complexity index is 557. The summed E-state index contributed by atoms with van der Waals surface area (Å²) >= 11 is 0. The van der Waals surface area contributed by atoms with Gasteiger partial charge in [-0.1, -0.05) is 12.8 Å². The second-order valence-electron chi connectivity index (χ2n) is 6.50. The van der Waals surface area contributed by atoms with Crippen LogP contribution in [0.1, 0.15) is 38.5 Å². The van der Waals surface area contributed by atoms with Gasteiger partial charge in [0.2, 0.25) is 5.91 Å². The van der Waals surface area contributed by atoms with Gasteiger partial charge in [0.15, 0.2) is 0 Å². The second-order valence-corrected chi connectivity index (χ2v) is 6.50. The number of ether oxygens (including phenoxy) is 1. The van der Waals surface area contributed by atoms with Gasteiger partial charge in [0, 0.05) is 18.0 Å². The molecule has 0 heterocycles. The van der Waals surface area contributed by atoms with Gasteiger partial charge < -0.3 is 15.2 Å². The monoisotopic (exact) mass is 317 g/mol. The largest absolute Gasteiger partial charge is 0.494 e. The van der Waals surface area contributed by atoms with Crippen LogP contribution in [0.3, 0.4) is 0 Å². The van der Waals surface area contributed by atoms with E-state index in [-0.39, 0.29) is 18.2 Å². The molecule has 2 aliphatic rings. The van der Waals surface area contributed by atoms with E-state index in [9.17, 15) is 9.59 Å². The molecular weight excluding hydrogens is 294 g/mol. The van der Waals surface area contributed by atoms with Crippen molar-refractivity contribution in [3.05, 3.63) is 24.3 Å². The quantitative estimate of drug-likeness (QED) is 0.757. The lowest BCUT2D eigenvalue weighted by Gasteiger charge is -2.08. The molecule has 0 bridgehead atoms. The number of hydrogen-bond donors (Lipinski definition) is 2. The van der Waals surface area contributed by atoms with Crippen LogP contribution in [0, 0.1) is 17.8 Å². The van der Waals surface area contributed by atoms with Crippen molar-refractivity contribution in [3.8, 4) is 5.75 Å². The third kappa shape index (κ3) is 4.03. The minimum absolute atomic E-state index is 0.109. The summed E-state index contributed by atoms with van der Waals surface area (Å²) in [5, 5.41) is 11.6. The van der Waals surface area contributed by atoms with Crippen molar-refractivity contribution < 1.29 is 19.4 Å². The van der Waals surface area contributed by atoms with Gasteiger partial charge in [-0.15, -0.1) is 0 Å². The zero-order valence-electron chi connectivity index (χ0n) is 13.2. The van der Waals surface area contributed by atoms with Crippen LogP contribution in [0.25, 0.3) is 0 Å². The molecule has 1 aromatic rings. The van der Waals surface area contributed by atoms with Crippen molar-refractivity contribution in [2.24, 2.45) is 17.8 Å². The van der Waals surface area contributed by atoms with Crippen molar-refractivity contribution in [2.75, 3.05) is 11.9 Å². The lowest BCUT2D eigenvalue weighted by molar-refractivity contribution is -0.137. The van der Waals surface area contributed by atoms with Crippen LogP contribution in [0.2, 0.25) is 0 Å². The summed E-state index contributed by atoms with van der Waals surface area (Å²) in [6.07, 6.45) is 5.52. The second kappa shape index (κ2) is 7.02. The number of fused-ring (bicyclic) bond motifs is 1. The molecule has 23 heavy (non-hydrogen) atoms. The molecule has 0 aliphatic heterocycles. The molecule has 1 aromatic carbocycles. The maximum absolute atomic E-state index is 12.3. The van der Waals surface area contributed by atoms with Gasteiger partial charge in [-0.25, -0.2) is 0 Å². The Morgan fingerprint density at radius 3 is 2.39 bits per heavy atom. The van der Waals surface area contributed by atoms with E-state index in [4.69, 9.17) is 9.84 Å². The smallest absolute Gasteiger partial charge is 0.303 e. The number of anilines is 1. The fraction of sp³-hybridized carbons (Fsp3) is 0.556. The molecule has 3 rings (SSSR count). The van der Waals surface area contributed by atoms with Crippen molar-refractivity contribution in [1.29, 1.82) is 0 Å². The predicted molar refractivity (Wildman–Crippen MR) is 86.4 cm³/mol. The number of carbonyl (C=O) groups is 2. The van der Waals surface area contributed by atoms with Gasteiger partial charge in [-0.2, -0.15) is 0 Å². The maximum atomic E-state index is 12.3. The number of nitrogens with one attached hydrogen (secondary N) is 1. The topological polar surface area (TPSA) is 75.6 Å². The highest BCUT2D eigenvalue weighted by molar-refractivity contribution is 5.94. The molecule has 0 radical (unpaired) electrons. The number of benzene rings is 1. The SMILES string of the molecule is O=C(O)CCCOc1ccc(NC(=O)C2C3CCCCC32)cc1. The highest BCUT2D eigenvalue weighted by atomic mass is 16.5. The van der Waals surface area contributed by atoms with E-state index in [1.807, 2.05) is 12.1 Å². The number of rotatable bonds is 7. The molecule has 0 aromatic heterocycles. The fourth-order valence-corrected chi connectivity index (χ4v) is 3.65. The molecule has 2 aliphatic carbocycles. The molecule has 2 atom stereocenters. The van der Waals surface area contributed by atoms with E-state index < -0.39 is 5.97 Å². The number of hydrogen-bond acceptors (Lipinski definition) is 3. The Morgan fingerprint density at radius 2 is 1.78 bits per heavy atom. The van der Waals surface area contributed by atoms with Gasteiger partial charge in [-0.3, -0.25) is 9.59 Å². The van der Waals surface area contributed by atoms with Gasteiger partial charge in [0.1, 0.15) is 5.75 Å². The van der Waals surface area contributed by atoms with Crippen molar-refractivity contribution in [3.63, 3.8) is 0 Å². The average Bonchev–Trinajstić information content (AvgIpc) is 3.27. The molecule has 5 heteroatoms. The normalized spacial score (nSPS) is 25.3. The average molecular weight is 317 g/mol. The zero-order chi connectivity index (χ0) is 16.2. The molecule has 2 N–H and O–H groups in total. The highest BCUT2D eigenvalue weighted by Gasteiger charge is 2.54. The first-order valence-corrected chi connectivity index (χ1v) is 8.40. The summed E-state index contributed by atoms with van der Waals surface area (Å²) in [5.41, 5.74) is 0.788. The minimum atomic E-state index is -0.813. The van der Waals surface area contributed by atoms with Crippen LogP contribution in [0.4, 0.5) is 5.69 Å². The summed E-state index contributed by atoms with van der Waals surface area (Å²) in [4.78, 5) is 22.7. The number of carboxylic acid groups (broad SMARTS) is 1. The van der Waals surface area contributed by atoms with E-state index in [0.717, 1.165) is 5.69 Å². The Morgan fingerprint density at radius 1 is 1.13 bits per heavy atom. The third-order valence-electron chi connectivity index (χ3n) is 4.88. The molecule has 124 valence electrons. The highest BCUT2D eigenvalue weighted by Crippen LogP contribution is 2.55. The van der Waals surface area contributed by atoms with Crippen LogP contribution < -0.4 is 10.1 Å². The first kappa shape index (κ1) is 15.8. The summed E-state index contributed by atoms with van der Waals surface area (Å²) < 4.78 is 5.48. The number of amides is 1. The van der Waals surface area contributed by atoms with Gasteiger partial charge in [0.05, 0.1) is 6.61 Å². The molecule has 2 unspecified atom stereocenters. The zero-order valence-corrected chi connectivity index (χ0v) is 13.2. The Kier molecular flexibility index (Phi) is 4.84. The Hall–Kier alpha value is -2.04. The van der Waals surface area contributed by atoms with Crippen LogP contribution in [-0.2, 0) is 9.59 Å². The molecule has 1 amide bonds. The molecule has 0 saturated heterocycles. The van der Waals surface area contributed by atoms with E-state index in [2.05, 4.69) is 5.32 Å². The van der Waals surface area contributed by atoms with Crippen molar-refractivity contribution in [2.45, 2.75) is 38.5 Å². The van der Waals surface area contributed by atoms with E-state index in [1.165, 1.54) is 25.7 Å². The fourth-order valence-electron chi connectivity index (χ4n) is 3.65. The summed E-state index contributed by atoms with van der Waals surface area (Å²) in [6, 6.07) is 7.26. The third-order valence-corrected chi connectivity index (χ3v) is 4.88. The Labute approximate surface area is 136 Å². The van der Waals surface area contributed by atoms with Gasteiger partial charge in [0.25, 0.3) is 0 Å². The first-order chi connectivity index (χ1) is 11.1. The lowest BCUT2D eigenvalue weighted by Crippen LogP contribution is -2.15. The van der Waals surface area contributed by atoms with E-state index in [0.29, 0.717) is 30.6 Å². The molecule has 2 fully saturated rings. The van der Waals surface area contributed by atoms with Gasteiger partial charge in [-0.05, 0) is 55.4 Å². The van der Waals surface area contributed by atoms with Crippen LogP contribution in [0.5, 0.6) is 5.75 Å². The van der Waals surface area contributed by atoms with Crippen LogP contribution in [0.15, 0.2) is 24.3 Å². The summed E-state index contributed by atoms with van der Waals surface area (Å²) in [5.74, 6) is 1.46. The van der Waals surface area contributed by atoms with Crippen LogP contribution >= 0.6 is 0 Å². The minimum Gasteiger partial charge on any atom is -0.494 e. The summed E-state index contributed by atoms with van der Waals surface area (Å²) in [6.45, 7) is 0.378. The lowest BCUT2D eigenvalue weighted by atomic mass is 10.0. The standard InChI is InChI=1S/C18H23NO4/c20-16(21)6-3-11-23-13-9-7-12(8-10-13)19-18(22)17-14-4-1-2-5-15(14)17/h7-10,14-15,17H,1-6,11H2,(H,19,22)(H,20,21). The Balaban J connectivity index is 1.44.